The number of methoxy groups -OCH3 is 2. The van der Waals surface area contributed by atoms with E-state index in [1.54, 1.807) is 26.4 Å². The van der Waals surface area contributed by atoms with Crippen LogP contribution < -0.4 is 29.6 Å². The fraction of sp³-hybridized carbons (Fsp3) is 0.500. The molecule has 4 unspecified atom stereocenters. The smallest absolute Gasteiger partial charge is 0.256 e. The van der Waals surface area contributed by atoms with Crippen LogP contribution in [0, 0.1) is 0 Å². The number of carbonyl (C=O) groups is 2. The van der Waals surface area contributed by atoms with Crippen LogP contribution in [0.25, 0.3) is 0 Å². The summed E-state index contributed by atoms with van der Waals surface area (Å²) in [6.07, 6.45) is 1.59. The van der Waals surface area contributed by atoms with Gasteiger partial charge in [-0.05, 0) is 52.7 Å². The van der Waals surface area contributed by atoms with Crippen LogP contribution >= 0.6 is 0 Å². The third kappa shape index (κ3) is 6.45. The molecule has 0 spiro atoms. The van der Waals surface area contributed by atoms with Crippen molar-refractivity contribution in [3.05, 3.63) is 59.7 Å². The van der Waals surface area contributed by atoms with E-state index in [9.17, 15) is 9.59 Å². The molecule has 0 aromatic heterocycles. The molecule has 0 aliphatic carbocycles. The highest BCUT2D eigenvalue weighted by atomic mass is 16.5. The Bertz CT molecular complexity index is 1600. The lowest BCUT2D eigenvalue weighted by molar-refractivity contribution is -0.0711. The first kappa shape index (κ1) is 32.6. The summed E-state index contributed by atoms with van der Waals surface area (Å²) in [6.45, 7) is 18.1. The van der Waals surface area contributed by atoms with Gasteiger partial charge in [0.25, 0.3) is 11.8 Å². The van der Waals surface area contributed by atoms with E-state index in [-0.39, 0.29) is 29.9 Å². The van der Waals surface area contributed by atoms with Crippen molar-refractivity contribution in [1.29, 1.82) is 0 Å². The molecule has 2 N–H and O–H groups in total. The minimum Gasteiger partial charge on any atom is -0.493 e. The lowest BCUT2D eigenvalue weighted by Crippen LogP contribution is -2.47. The van der Waals surface area contributed by atoms with E-state index in [0.717, 1.165) is 23.3 Å². The Labute approximate surface area is 276 Å². The van der Waals surface area contributed by atoms with E-state index in [1.807, 2.05) is 42.7 Å². The molecule has 2 aromatic rings. The molecule has 2 fully saturated rings. The highest BCUT2D eigenvalue weighted by Crippen LogP contribution is 2.41. The summed E-state index contributed by atoms with van der Waals surface area (Å²) < 4.78 is 30.0. The van der Waals surface area contributed by atoms with E-state index in [0.29, 0.717) is 79.0 Å². The lowest BCUT2D eigenvalue weighted by atomic mass is 10.1. The summed E-state index contributed by atoms with van der Waals surface area (Å²) in [6, 6.07) is 7.07. The summed E-state index contributed by atoms with van der Waals surface area (Å²) in [5.41, 5.74) is 4.05. The molecule has 4 atom stereocenters. The van der Waals surface area contributed by atoms with Crippen LogP contribution in [0.1, 0.15) is 67.7 Å². The van der Waals surface area contributed by atoms with Crippen molar-refractivity contribution in [2.45, 2.75) is 76.9 Å². The van der Waals surface area contributed by atoms with Gasteiger partial charge in [-0.2, -0.15) is 0 Å². The molecule has 0 bridgehead atoms. The summed E-state index contributed by atoms with van der Waals surface area (Å²) in [5.74, 6) is 1.88. The molecule has 11 nitrogen and oxygen atoms in total. The third-order valence-corrected chi connectivity index (χ3v) is 9.07. The third-order valence-electron chi connectivity index (χ3n) is 9.07. The van der Waals surface area contributed by atoms with Gasteiger partial charge in [-0.15, -0.1) is 0 Å². The summed E-state index contributed by atoms with van der Waals surface area (Å²) in [7, 11) is 3.12. The first-order chi connectivity index (χ1) is 22.4. The van der Waals surface area contributed by atoms with E-state index in [2.05, 4.69) is 30.7 Å². The fourth-order valence-electron chi connectivity index (χ4n) is 6.89. The average molecular weight is 647 g/mol. The number of hydrogen-bond donors (Lipinski definition) is 2. The molecule has 2 aromatic carbocycles. The maximum Gasteiger partial charge on any atom is 0.256 e. The number of hydrogen-bond acceptors (Lipinski definition) is 9. The summed E-state index contributed by atoms with van der Waals surface area (Å²) in [4.78, 5) is 30.8. The maximum atomic E-state index is 13.7. The average Bonchev–Trinajstić information content (AvgIpc) is 3.57. The van der Waals surface area contributed by atoms with Crippen LogP contribution in [-0.4, -0.2) is 92.1 Å². The number of nitrogens with zero attached hydrogens (tertiary/aromatic N) is 2. The molecule has 2 amide bonds. The van der Waals surface area contributed by atoms with Gasteiger partial charge in [0.15, 0.2) is 23.0 Å². The molecule has 47 heavy (non-hydrogen) atoms. The molecule has 11 heteroatoms. The Hall–Kier alpha value is -4.38. The van der Waals surface area contributed by atoms with E-state index in [1.165, 1.54) is 0 Å². The largest absolute Gasteiger partial charge is 0.493 e. The Morgan fingerprint density at radius 2 is 1.26 bits per heavy atom. The standard InChI is InChI=1S/C36H46N4O7/c1-20-12-27-22(3)37-25-16-31(29(43-7)14-23(25)34(41)39(27)18-20)45-10-9-11-46-32-17-26-24(15-30(32)44-8)35(42)40-19-21(2)13-28(40)33(38-26)47-36(4,5)6/h14-17,22,27-28,33,37-38H,1-2,9-13,18-19H2,3-8H3. The Balaban J connectivity index is 1.14. The fourth-order valence-corrected chi connectivity index (χ4v) is 6.89. The van der Waals surface area contributed by atoms with E-state index < -0.39 is 11.8 Å². The second-order valence-electron chi connectivity index (χ2n) is 13.8. The van der Waals surface area contributed by atoms with Crippen molar-refractivity contribution in [3.8, 4) is 23.0 Å². The van der Waals surface area contributed by atoms with Crippen LogP contribution in [-0.2, 0) is 4.74 Å². The van der Waals surface area contributed by atoms with Gasteiger partial charge >= 0.3 is 0 Å². The van der Waals surface area contributed by atoms with Gasteiger partial charge in [0.05, 0.1) is 67.6 Å². The van der Waals surface area contributed by atoms with Crippen molar-refractivity contribution in [1.82, 2.24) is 9.80 Å². The van der Waals surface area contributed by atoms with E-state index >= 15 is 0 Å². The zero-order valence-electron chi connectivity index (χ0n) is 28.2. The molecule has 4 aliphatic heterocycles. The van der Waals surface area contributed by atoms with Crippen molar-refractivity contribution in [2.24, 2.45) is 0 Å². The van der Waals surface area contributed by atoms with Crippen molar-refractivity contribution in [3.63, 3.8) is 0 Å². The number of nitrogens with one attached hydrogen (secondary N) is 2. The quantitative estimate of drug-likeness (QED) is 0.271. The molecule has 0 radical (unpaired) electrons. The van der Waals surface area contributed by atoms with Gasteiger partial charge < -0.3 is 44.1 Å². The van der Waals surface area contributed by atoms with Crippen LogP contribution in [0.5, 0.6) is 23.0 Å². The molecule has 2 saturated heterocycles. The SMILES string of the molecule is C=C1CC2C(C)Nc3cc(OCCCOc4cc5c(cc4OC)C(=O)N4CC(=C)CC4C(OC(C)(C)C)N5)c(OC)cc3C(=O)N2C1. The second kappa shape index (κ2) is 12.7. The van der Waals surface area contributed by atoms with Crippen molar-refractivity contribution >= 4 is 23.2 Å². The predicted octanol–water partition coefficient (Wildman–Crippen LogP) is 5.47. The van der Waals surface area contributed by atoms with Crippen LogP contribution in [0.2, 0.25) is 0 Å². The van der Waals surface area contributed by atoms with Gasteiger partial charge in [-0.25, -0.2) is 0 Å². The minimum absolute atomic E-state index is 0.0354. The molecule has 4 heterocycles. The highest BCUT2D eigenvalue weighted by molar-refractivity contribution is 6.02. The topological polar surface area (TPSA) is 111 Å². The van der Waals surface area contributed by atoms with Gasteiger partial charge in [-0.3, -0.25) is 9.59 Å². The van der Waals surface area contributed by atoms with Crippen LogP contribution in [0.15, 0.2) is 48.6 Å². The maximum absolute atomic E-state index is 13.7. The second-order valence-corrected chi connectivity index (χ2v) is 13.8. The van der Waals surface area contributed by atoms with Crippen LogP contribution in [0.4, 0.5) is 11.4 Å². The monoisotopic (exact) mass is 646 g/mol. The van der Waals surface area contributed by atoms with Crippen molar-refractivity contribution in [2.75, 3.05) is 51.2 Å². The molecular formula is C36H46N4O7. The van der Waals surface area contributed by atoms with Gasteiger partial charge in [-0.1, -0.05) is 24.3 Å². The zero-order valence-corrected chi connectivity index (χ0v) is 28.2. The van der Waals surface area contributed by atoms with Crippen LogP contribution in [0.3, 0.4) is 0 Å². The molecule has 6 rings (SSSR count). The Kier molecular flexibility index (Phi) is 8.78. The molecule has 252 valence electrons. The van der Waals surface area contributed by atoms with Gasteiger partial charge in [0.2, 0.25) is 0 Å². The summed E-state index contributed by atoms with van der Waals surface area (Å²) in [5, 5.41) is 6.99. The zero-order chi connectivity index (χ0) is 33.6. The number of rotatable bonds is 9. The Morgan fingerprint density at radius 3 is 1.77 bits per heavy atom. The predicted molar refractivity (Wildman–Crippen MR) is 180 cm³/mol. The molecular weight excluding hydrogens is 600 g/mol. The van der Waals surface area contributed by atoms with Gasteiger partial charge in [0, 0.05) is 37.7 Å². The minimum atomic E-state index is -0.428. The van der Waals surface area contributed by atoms with E-state index in [4.69, 9.17) is 23.7 Å². The summed E-state index contributed by atoms with van der Waals surface area (Å²) >= 11 is 0. The normalized spacial score (nSPS) is 23.5. The number of anilines is 2. The number of ether oxygens (including phenoxy) is 5. The molecule has 4 aliphatic rings. The number of fused-ring (bicyclic) bond motifs is 4. The first-order valence-electron chi connectivity index (χ1n) is 16.2. The van der Waals surface area contributed by atoms with Crippen molar-refractivity contribution < 1.29 is 33.3 Å². The molecule has 0 saturated carbocycles. The van der Waals surface area contributed by atoms with Gasteiger partial charge in [0.1, 0.15) is 6.23 Å². The highest BCUT2D eigenvalue weighted by Gasteiger charge is 2.43. The lowest BCUT2D eigenvalue weighted by Gasteiger charge is -2.34. The number of amides is 2. The Morgan fingerprint density at radius 1 is 0.766 bits per heavy atom. The number of carbonyl (C=O) groups excluding carboxylic acids is 2. The first-order valence-corrected chi connectivity index (χ1v) is 16.2. The number of benzene rings is 2.